The van der Waals surface area contributed by atoms with Gasteiger partial charge in [0.15, 0.2) is 0 Å². The van der Waals surface area contributed by atoms with Crippen molar-refractivity contribution in [1.29, 1.82) is 0 Å². The molecule has 5 nitrogen and oxygen atoms in total. The topological polar surface area (TPSA) is 86.6 Å². The Morgan fingerprint density at radius 3 is 2.32 bits per heavy atom. The maximum Gasteiger partial charge on any atom is 0.310 e. The number of aliphatic carboxylic acids is 1. The summed E-state index contributed by atoms with van der Waals surface area (Å²) in [6.45, 7) is 0. The van der Waals surface area contributed by atoms with E-state index in [-0.39, 0.29) is 18.4 Å². The van der Waals surface area contributed by atoms with Crippen molar-refractivity contribution in [3.05, 3.63) is 0 Å². The predicted molar refractivity (Wildman–Crippen MR) is 69.6 cm³/mol. The van der Waals surface area contributed by atoms with Gasteiger partial charge < -0.3 is 15.5 Å². The standard InChI is InChI=1S/C14H23NO4/c16-11-6-2-1-5-10(11)15-12(17)9-14(13(18)19)7-3-4-8-14/h10-11,16H,1-9H2,(H,15,17)(H,18,19). The van der Waals surface area contributed by atoms with Gasteiger partial charge in [-0.3, -0.25) is 9.59 Å². The van der Waals surface area contributed by atoms with Crippen molar-refractivity contribution in [3.8, 4) is 0 Å². The third kappa shape index (κ3) is 3.26. The average Bonchev–Trinajstić information content (AvgIpc) is 2.82. The molecule has 19 heavy (non-hydrogen) atoms. The largest absolute Gasteiger partial charge is 0.481 e. The summed E-state index contributed by atoms with van der Waals surface area (Å²) in [5, 5.41) is 22.0. The molecule has 0 radical (unpaired) electrons. The van der Waals surface area contributed by atoms with E-state index in [0.717, 1.165) is 38.5 Å². The van der Waals surface area contributed by atoms with Crippen LogP contribution < -0.4 is 5.32 Å². The minimum atomic E-state index is -0.871. The van der Waals surface area contributed by atoms with Gasteiger partial charge in [0.25, 0.3) is 0 Å². The maximum absolute atomic E-state index is 12.0. The van der Waals surface area contributed by atoms with Crippen molar-refractivity contribution in [2.24, 2.45) is 5.41 Å². The lowest BCUT2D eigenvalue weighted by molar-refractivity contribution is -0.151. The zero-order chi connectivity index (χ0) is 13.9. The molecule has 2 aliphatic carbocycles. The first-order valence-electron chi connectivity index (χ1n) is 7.24. The minimum Gasteiger partial charge on any atom is -0.481 e. The van der Waals surface area contributed by atoms with Crippen molar-refractivity contribution >= 4 is 11.9 Å². The van der Waals surface area contributed by atoms with Gasteiger partial charge in [-0.2, -0.15) is 0 Å². The summed E-state index contributed by atoms with van der Waals surface area (Å²) in [7, 11) is 0. The van der Waals surface area contributed by atoms with E-state index < -0.39 is 17.5 Å². The summed E-state index contributed by atoms with van der Waals surface area (Å²) < 4.78 is 0. The molecule has 108 valence electrons. The van der Waals surface area contributed by atoms with E-state index in [9.17, 15) is 19.8 Å². The number of carbonyl (C=O) groups is 2. The highest BCUT2D eigenvalue weighted by Crippen LogP contribution is 2.41. The van der Waals surface area contributed by atoms with Crippen LogP contribution >= 0.6 is 0 Å². The fourth-order valence-corrected chi connectivity index (χ4v) is 3.36. The van der Waals surface area contributed by atoms with Crippen molar-refractivity contribution < 1.29 is 19.8 Å². The Hall–Kier alpha value is -1.10. The molecule has 0 bridgehead atoms. The predicted octanol–water partition coefficient (Wildman–Crippen LogP) is 1.44. The van der Waals surface area contributed by atoms with Gasteiger partial charge in [0.05, 0.1) is 17.6 Å². The molecule has 2 atom stereocenters. The monoisotopic (exact) mass is 269 g/mol. The Balaban J connectivity index is 1.91. The van der Waals surface area contributed by atoms with E-state index in [1.807, 2.05) is 0 Å². The third-order valence-electron chi connectivity index (χ3n) is 4.59. The van der Waals surface area contributed by atoms with Crippen LogP contribution in [-0.4, -0.2) is 34.2 Å². The molecule has 0 aromatic carbocycles. The van der Waals surface area contributed by atoms with E-state index in [1.165, 1.54) is 0 Å². The van der Waals surface area contributed by atoms with Crippen LogP contribution in [0, 0.1) is 5.41 Å². The van der Waals surface area contributed by atoms with Crippen LogP contribution in [-0.2, 0) is 9.59 Å². The highest BCUT2D eigenvalue weighted by Gasteiger charge is 2.43. The number of hydrogen-bond donors (Lipinski definition) is 3. The number of aliphatic hydroxyl groups is 1. The molecule has 5 heteroatoms. The normalized spacial score (nSPS) is 29.9. The number of aliphatic hydroxyl groups excluding tert-OH is 1. The van der Waals surface area contributed by atoms with Crippen LogP contribution in [0.3, 0.4) is 0 Å². The Kier molecular flexibility index (Phi) is 4.45. The van der Waals surface area contributed by atoms with E-state index in [4.69, 9.17) is 0 Å². The molecular weight excluding hydrogens is 246 g/mol. The molecule has 3 N–H and O–H groups in total. The van der Waals surface area contributed by atoms with Crippen LogP contribution in [0.4, 0.5) is 0 Å². The Morgan fingerprint density at radius 1 is 1.11 bits per heavy atom. The Labute approximate surface area is 113 Å². The first-order chi connectivity index (χ1) is 9.03. The molecule has 2 saturated carbocycles. The zero-order valence-corrected chi connectivity index (χ0v) is 11.2. The van der Waals surface area contributed by atoms with Crippen LogP contribution in [0.15, 0.2) is 0 Å². The van der Waals surface area contributed by atoms with Gasteiger partial charge >= 0.3 is 5.97 Å². The fraction of sp³-hybridized carbons (Fsp3) is 0.857. The number of carboxylic acid groups (broad SMARTS) is 1. The smallest absolute Gasteiger partial charge is 0.310 e. The first-order valence-corrected chi connectivity index (χ1v) is 7.24. The molecule has 1 amide bonds. The van der Waals surface area contributed by atoms with Crippen LogP contribution in [0.2, 0.25) is 0 Å². The third-order valence-corrected chi connectivity index (χ3v) is 4.59. The first kappa shape index (κ1) is 14.3. The maximum atomic E-state index is 12.0. The molecule has 0 spiro atoms. The molecule has 0 aromatic rings. The second kappa shape index (κ2) is 5.90. The van der Waals surface area contributed by atoms with Crippen molar-refractivity contribution in [3.63, 3.8) is 0 Å². The van der Waals surface area contributed by atoms with Gasteiger partial charge in [0.2, 0.25) is 5.91 Å². The number of carbonyl (C=O) groups excluding carboxylic acids is 1. The lowest BCUT2D eigenvalue weighted by Crippen LogP contribution is -2.47. The molecule has 2 fully saturated rings. The quantitative estimate of drug-likeness (QED) is 0.720. The molecule has 0 aliphatic heterocycles. The highest BCUT2D eigenvalue weighted by molar-refractivity contribution is 5.85. The zero-order valence-electron chi connectivity index (χ0n) is 11.2. The van der Waals surface area contributed by atoms with Gasteiger partial charge in [-0.1, -0.05) is 25.7 Å². The fourth-order valence-electron chi connectivity index (χ4n) is 3.36. The summed E-state index contributed by atoms with van der Waals surface area (Å²) in [4.78, 5) is 23.4. The second-order valence-corrected chi connectivity index (χ2v) is 6.00. The molecule has 0 heterocycles. The van der Waals surface area contributed by atoms with Crippen molar-refractivity contribution in [1.82, 2.24) is 5.32 Å². The van der Waals surface area contributed by atoms with Gasteiger partial charge in [0.1, 0.15) is 0 Å². The molecular formula is C14H23NO4. The van der Waals surface area contributed by atoms with Gasteiger partial charge in [0, 0.05) is 6.42 Å². The molecule has 2 aliphatic rings. The SMILES string of the molecule is O=C(CC1(C(=O)O)CCCC1)NC1CCCCC1O. The van der Waals surface area contributed by atoms with Crippen molar-refractivity contribution in [2.45, 2.75) is 69.9 Å². The number of hydrogen-bond acceptors (Lipinski definition) is 3. The summed E-state index contributed by atoms with van der Waals surface area (Å²) in [5.41, 5.74) is -0.871. The number of rotatable bonds is 4. The number of amides is 1. The van der Waals surface area contributed by atoms with Crippen molar-refractivity contribution in [2.75, 3.05) is 0 Å². The Morgan fingerprint density at radius 2 is 1.74 bits per heavy atom. The molecule has 0 aromatic heterocycles. The number of carboxylic acids is 1. The van der Waals surface area contributed by atoms with Gasteiger partial charge in [-0.05, 0) is 25.7 Å². The average molecular weight is 269 g/mol. The second-order valence-electron chi connectivity index (χ2n) is 6.00. The summed E-state index contributed by atoms with van der Waals surface area (Å²) in [6.07, 6.45) is 6.00. The van der Waals surface area contributed by atoms with Crippen LogP contribution in [0.5, 0.6) is 0 Å². The Bertz CT molecular complexity index is 349. The molecule has 0 saturated heterocycles. The summed E-state index contributed by atoms with van der Waals surface area (Å²) in [5.74, 6) is -1.08. The number of nitrogens with one attached hydrogen (secondary N) is 1. The van der Waals surface area contributed by atoms with E-state index in [1.54, 1.807) is 0 Å². The lowest BCUT2D eigenvalue weighted by Gasteiger charge is -2.30. The van der Waals surface area contributed by atoms with E-state index in [2.05, 4.69) is 5.32 Å². The highest BCUT2D eigenvalue weighted by atomic mass is 16.4. The van der Waals surface area contributed by atoms with Crippen LogP contribution in [0.25, 0.3) is 0 Å². The van der Waals surface area contributed by atoms with Gasteiger partial charge in [-0.25, -0.2) is 0 Å². The lowest BCUT2D eigenvalue weighted by atomic mass is 9.82. The summed E-state index contributed by atoms with van der Waals surface area (Å²) >= 11 is 0. The van der Waals surface area contributed by atoms with Gasteiger partial charge in [-0.15, -0.1) is 0 Å². The van der Waals surface area contributed by atoms with Crippen LogP contribution in [0.1, 0.15) is 57.8 Å². The van der Waals surface area contributed by atoms with E-state index in [0.29, 0.717) is 12.8 Å². The summed E-state index contributed by atoms with van der Waals surface area (Å²) in [6, 6.07) is -0.200. The minimum absolute atomic E-state index is 0.0472. The molecule has 2 rings (SSSR count). The van der Waals surface area contributed by atoms with E-state index >= 15 is 0 Å². The molecule has 2 unspecified atom stereocenters.